The van der Waals surface area contributed by atoms with Gasteiger partial charge in [0.25, 0.3) is 0 Å². The van der Waals surface area contributed by atoms with Crippen molar-refractivity contribution >= 4 is 5.69 Å². The van der Waals surface area contributed by atoms with Crippen molar-refractivity contribution in [3.8, 4) is 0 Å². The normalized spacial score (nSPS) is 12.6. The lowest BCUT2D eigenvalue weighted by molar-refractivity contribution is -0.141. The van der Waals surface area contributed by atoms with Gasteiger partial charge in [0.05, 0.1) is 18.8 Å². The van der Waals surface area contributed by atoms with Crippen molar-refractivity contribution in [3.05, 3.63) is 24.0 Å². The maximum Gasteiger partial charge on any atom is 0.433 e. The first kappa shape index (κ1) is 13.7. The van der Waals surface area contributed by atoms with E-state index in [0.717, 1.165) is 12.3 Å². The number of aliphatic hydroxyl groups is 2. The van der Waals surface area contributed by atoms with Gasteiger partial charge in [0.1, 0.15) is 5.69 Å². The molecule has 0 aliphatic carbocycles. The minimum atomic E-state index is -4.52. The Morgan fingerprint density at radius 1 is 1.29 bits per heavy atom. The summed E-state index contributed by atoms with van der Waals surface area (Å²) < 4.78 is 37.1. The predicted molar refractivity (Wildman–Crippen MR) is 55.4 cm³/mol. The molecule has 0 saturated carbocycles. The van der Waals surface area contributed by atoms with E-state index in [-0.39, 0.29) is 5.69 Å². The van der Waals surface area contributed by atoms with Crippen molar-refractivity contribution in [2.75, 3.05) is 18.5 Å². The number of anilines is 1. The Hall–Kier alpha value is -1.34. The van der Waals surface area contributed by atoms with Crippen LogP contribution in [0.1, 0.15) is 12.6 Å². The van der Waals surface area contributed by atoms with Gasteiger partial charge in [-0.1, -0.05) is 0 Å². The van der Waals surface area contributed by atoms with Gasteiger partial charge >= 0.3 is 6.18 Å². The molecular weight excluding hydrogens is 237 g/mol. The third-order valence-corrected chi connectivity index (χ3v) is 2.19. The fraction of sp³-hybridized carbons (Fsp3) is 0.500. The van der Waals surface area contributed by atoms with E-state index < -0.39 is 30.6 Å². The summed E-state index contributed by atoms with van der Waals surface area (Å²) in [6, 6.07) is 2.16. The number of nitrogens with one attached hydrogen (secondary N) is 1. The van der Waals surface area contributed by atoms with E-state index in [4.69, 9.17) is 10.2 Å². The van der Waals surface area contributed by atoms with E-state index in [1.807, 2.05) is 0 Å². The van der Waals surface area contributed by atoms with Gasteiger partial charge in [-0.2, -0.15) is 13.2 Å². The molecule has 1 aromatic heterocycles. The maximum atomic E-state index is 12.4. The molecular formula is C10H13F3N2O2. The van der Waals surface area contributed by atoms with Gasteiger partial charge in [-0.15, -0.1) is 0 Å². The lowest BCUT2D eigenvalue weighted by atomic mass is 10.1. The number of rotatable bonds is 4. The lowest BCUT2D eigenvalue weighted by Crippen LogP contribution is -2.42. The third kappa shape index (κ3) is 3.57. The number of halogens is 3. The summed E-state index contributed by atoms with van der Waals surface area (Å²) in [4.78, 5) is 3.20. The van der Waals surface area contributed by atoms with Gasteiger partial charge in [0, 0.05) is 11.9 Å². The van der Waals surface area contributed by atoms with Crippen LogP contribution >= 0.6 is 0 Å². The van der Waals surface area contributed by atoms with Gasteiger partial charge in [-0.05, 0) is 19.1 Å². The maximum absolute atomic E-state index is 12.4. The van der Waals surface area contributed by atoms with Crippen LogP contribution in [0.4, 0.5) is 18.9 Å². The van der Waals surface area contributed by atoms with Crippen molar-refractivity contribution in [3.63, 3.8) is 0 Å². The van der Waals surface area contributed by atoms with Gasteiger partial charge in [0.15, 0.2) is 0 Å². The molecule has 0 radical (unpaired) electrons. The van der Waals surface area contributed by atoms with E-state index in [0.29, 0.717) is 0 Å². The van der Waals surface area contributed by atoms with Crippen LogP contribution in [0.3, 0.4) is 0 Å². The summed E-state index contributed by atoms with van der Waals surface area (Å²) in [5, 5.41) is 20.7. The molecule has 1 aromatic rings. The molecule has 0 aliphatic rings. The summed E-state index contributed by atoms with van der Waals surface area (Å²) in [5.74, 6) is 0. The van der Waals surface area contributed by atoms with Gasteiger partial charge in [-0.3, -0.25) is 4.98 Å². The fourth-order valence-electron chi connectivity index (χ4n) is 1.14. The number of aliphatic hydroxyl groups excluding tert-OH is 2. The zero-order valence-corrected chi connectivity index (χ0v) is 9.12. The Bertz CT molecular complexity index is 378. The highest BCUT2D eigenvalue weighted by molar-refractivity contribution is 5.46. The number of hydrogen-bond acceptors (Lipinski definition) is 4. The number of hydrogen-bond donors (Lipinski definition) is 3. The molecule has 3 N–H and O–H groups in total. The Kier molecular flexibility index (Phi) is 3.94. The van der Waals surface area contributed by atoms with Gasteiger partial charge < -0.3 is 15.5 Å². The highest BCUT2D eigenvalue weighted by atomic mass is 19.4. The van der Waals surface area contributed by atoms with Crippen molar-refractivity contribution < 1.29 is 23.4 Å². The van der Waals surface area contributed by atoms with Crippen LogP contribution in [0.2, 0.25) is 0 Å². The van der Waals surface area contributed by atoms with Crippen LogP contribution in [0.5, 0.6) is 0 Å². The summed E-state index contributed by atoms with van der Waals surface area (Å²) in [5.41, 5.74) is -1.97. The monoisotopic (exact) mass is 250 g/mol. The molecule has 0 bridgehead atoms. The minimum absolute atomic E-state index is 0.137. The van der Waals surface area contributed by atoms with E-state index in [9.17, 15) is 13.2 Å². The second-order valence-electron chi connectivity index (χ2n) is 3.93. The molecule has 0 amide bonds. The number of aromatic nitrogens is 1. The summed E-state index contributed by atoms with van der Waals surface area (Å²) in [6.07, 6.45) is -3.51. The second kappa shape index (κ2) is 4.89. The molecule has 0 aromatic carbocycles. The Morgan fingerprint density at radius 3 is 2.35 bits per heavy atom. The van der Waals surface area contributed by atoms with Crippen LogP contribution in [-0.2, 0) is 6.18 Å². The summed E-state index contributed by atoms with van der Waals surface area (Å²) >= 11 is 0. The van der Waals surface area contributed by atoms with Crippen molar-refractivity contribution in [2.45, 2.75) is 18.6 Å². The number of pyridine rings is 1. The molecule has 1 rings (SSSR count). The fourth-order valence-corrected chi connectivity index (χ4v) is 1.14. The highest BCUT2D eigenvalue weighted by Gasteiger charge is 2.33. The van der Waals surface area contributed by atoms with Crippen LogP contribution in [0.15, 0.2) is 18.3 Å². The van der Waals surface area contributed by atoms with Crippen molar-refractivity contribution in [1.82, 2.24) is 4.98 Å². The Balaban J connectivity index is 2.93. The van der Waals surface area contributed by atoms with E-state index in [1.54, 1.807) is 0 Å². The molecule has 17 heavy (non-hydrogen) atoms. The van der Waals surface area contributed by atoms with Crippen LogP contribution in [0.25, 0.3) is 0 Å². The zero-order chi connectivity index (χ0) is 13.1. The average Bonchev–Trinajstić information content (AvgIpc) is 2.28. The molecule has 0 aliphatic heterocycles. The first-order chi connectivity index (χ1) is 7.80. The molecule has 7 heteroatoms. The van der Waals surface area contributed by atoms with E-state index >= 15 is 0 Å². The molecule has 0 spiro atoms. The quantitative estimate of drug-likeness (QED) is 0.752. The Labute approximate surface area is 96.1 Å². The average molecular weight is 250 g/mol. The second-order valence-corrected chi connectivity index (χ2v) is 3.93. The number of nitrogens with zero attached hydrogens (tertiary/aromatic N) is 1. The Morgan fingerprint density at radius 2 is 1.88 bits per heavy atom. The summed E-state index contributed by atoms with van der Waals surface area (Å²) in [6.45, 7) is 0.668. The van der Waals surface area contributed by atoms with Crippen molar-refractivity contribution in [1.29, 1.82) is 0 Å². The van der Waals surface area contributed by atoms with Gasteiger partial charge in [0.2, 0.25) is 0 Å². The minimum Gasteiger partial charge on any atom is -0.394 e. The van der Waals surface area contributed by atoms with Crippen LogP contribution in [0, 0.1) is 0 Å². The highest BCUT2D eigenvalue weighted by Crippen LogP contribution is 2.29. The molecule has 0 unspecified atom stereocenters. The largest absolute Gasteiger partial charge is 0.433 e. The molecule has 0 atom stereocenters. The van der Waals surface area contributed by atoms with Crippen LogP contribution in [-0.4, -0.2) is 33.9 Å². The van der Waals surface area contributed by atoms with Gasteiger partial charge in [-0.25, -0.2) is 0 Å². The van der Waals surface area contributed by atoms with Crippen LogP contribution < -0.4 is 5.32 Å². The number of alkyl halides is 3. The molecule has 0 saturated heterocycles. The van der Waals surface area contributed by atoms with E-state index in [1.165, 1.54) is 13.0 Å². The lowest BCUT2D eigenvalue weighted by Gasteiger charge is -2.27. The molecule has 0 fully saturated rings. The SMILES string of the molecule is CC(CO)(CO)Nc1ccnc(C(F)(F)F)c1. The standard InChI is InChI=1S/C10H13F3N2O2/c1-9(5-16,6-17)15-7-2-3-14-8(4-7)10(11,12)13/h2-4,16-17H,5-6H2,1H3,(H,14,15). The topological polar surface area (TPSA) is 65.4 Å². The molecule has 4 nitrogen and oxygen atoms in total. The smallest absolute Gasteiger partial charge is 0.394 e. The zero-order valence-electron chi connectivity index (χ0n) is 9.12. The first-order valence-corrected chi connectivity index (χ1v) is 4.84. The predicted octanol–water partition coefficient (Wildman–Crippen LogP) is 1.26. The third-order valence-electron chi connectivity index (χ3n) is 2.19. The van der Waals surface area contributed by atoms with E-state index in [2.05, 4.69) is 10.3 Å². The molecule has 96 valence electrons. The van der Waals surface area contributed by atoms with Crippen molar-refractivity contribution in [2.24, 2.45) is 0 Å². The molecule has 1 heterocycles. The first-order valence-electron chi connectivity index (χ1n) is 4.84. The summed E-state index contributed by atoms with van der Waals surface area (Å²) in [7, 11) is 0.